The quantitative estimate of drug-likeness (QED) is 0.484. The van der Waals surface area contributed by atoms with Crippen LogP contribution >= 0.6 is 0 Å². The molecule has 3 N–H and O–H groups in total. The molecule has 8 heteroatoms. The molecule has 8 nitrogen and oxygen atoms in total. The smallest absolute Gasteiger partial charge is 0.407 e. The minimum Gasteiger partial charge on any atom is -0.444 e. The summed E-state index contributed by atoms with van der Waals surface area (Å²) in [6, 6.07) is 19.0. The average molecular weight is 461 g/mol. The Hall–Kier alpha value is -4.20. The fourth-order valence-electron chi connectivity index (χ4n) is 3.11. The number of pyridine rings is 1. The van der Waals surface area contributed by atoms with E-state index >= 15 is 0 Å². The number of para-hydroxylation sites is 1. The van der Waals surface area contributed by atoms with E-state index in [4.69, 9.17) is 4.74 Å². The van der Waals surface area contributed by atoms with E-state index in [1.807, 2.05) is 24.3 Å². The Morgan fingerprint density at radius 2 is 1.50 bits per heavy atom. The third-order valence-corrected chi connectivity index (χ3v) is 4.51. The highest BCUT2D eigenvalue weighted by molar-refractivity contribution is 6.08. The van der Waals surface area contributed by atoms with Gasteiger partial charge in [-0.1, -0.05) is 24.3 Å². The Labute approximate surface area is 198 Å². The fraction of sp³-hybridized carbons (Fsp3) is 0.231. The number of aryl methyl sites for hydroxylation is 1. The molecule has 0 aliphatic heterocycles. The van der Waals surface area contributed by atoms with Crippen LogP contribution in [0.2, 0.25) is 0 Å². The van der Waals surface area contributed by atoms with Crippen molar-refractivity contribution in [3.05, 3.63) is 89.1 Å². The Kier molecular flexibility index (Phi) is 7.63. The lowest BCUT2D eigenvalue weighted by atomic mass is 10.1. The summed E-state index contributed by atoms with van der Waals surface area (Å²) in [5.41, 5.74) is 2.18. The molecule has 0 aliphatic carbocycles. The van der Waals surface area contributed by atoms with Gasteiger partial charge in [-0.15, -0.1) is 0 Å². The van der Waals surface area contributed by atoms with E-state index in [2.05, 4.69) is 20.9 Å². The van der Waals surface area contributed by atoms with Gasteiger partial charge in [0, 0.05) is 29.1 Å². The lowest BCUT2D eigenvalue weighted by Gasteiger charge is -2.19. The van der Waals surface area contributed by atoms with Gasteiger partial charge in [-0.3, -0.25) is 9.59 Å². The van der Waals surface area contributed by atoms with Crippen molar-refractivity contribution in [2.75, 3.05) is 10.6 Å². The third kappa shape index (κ3) is 7.44. The number of alkyl carbamates (subject to hydrolysis) is 1. The minimum atomic E-state index is -0.593. The molecular weight excluding hydrogens is 432 g/mol. The van der Waals surface area contributed by atoms with Crippen molar-refractivity contribution in [3.63, 3.8) is 0 Å². The van der Waals surface area contributed by atoms with E-state index in [0.717, 1.165) is 5.56 Å². The first kappa shape index (κ1) is 24.4. The van der Waals surface area contributed by atoms with E-state index in [1.165, 1.54) is 6.07 Å². The van der Waals surface area contributed by atoms with Gasteiger partial charge in [0.1, 0.15) is 11.4 Å². The molecule has 0 saturated heterocycles. The molecular formula is C26H28N4O4. The highest BCUT2D eigenvalue weighted by Crippen LogP contribution is 2.15. The van der Waals surface area contributed by atoms with Crippen LogP contribution in [-0.2, 0) is 11.3 Å². The largest absolute Gasteiger partial charge is 0.444 e. The van der Waals surface area contributed by atoms with Gasteiger partial charge in [0.25, 0.3) is 11.8 Å². The zero-order valence-electron chi connectivity index (χ0n) is 19.6. The third-order valence-electron chi connectivity index (χ3n) is 4.51. The second-order valence-electron chi connectivity index (χ2n) is 8.71. The van der Waals surface area contributed by atoms with E-state index in [-0.39, 0.29) is 12.5 Å². The maximum Gasteiger partial charge on any atom is 0.407 e. The van der Waals surface area contributed by atoms with Crippen molar-refractivity contribution in [1.29, 1.82) is 0 Å². The van der Waals surface area contributed by atoms with Gasteiger partial charge in [-0.25, -0.2) is 9.78 Å². The number of nitrogens with zero attached hydrogens (tertiary/aromatic N) is 1. The predicted octanol–water partition coefficient (Wildman–Crippen LogP) is 4.92. The molecule has 3 aromatic rings. The minimum absolute atomic E-state index is 0.219. The molecule has 0 bridgehead atoms. The molecule has 3 amide bonds. The zero-order chi connectivity index (χ0) is 24.7. The van der Waals surface area contributed by atoms with Gasteiger partial charge in [-0.05, 0) is 75.7 Å². The van der Waals surface area contributed by atoms with E-state index in [9.17, 15) is 14.4 Å². The van der Waals surface area contributed by atoms with Gasteiger partial charge in [0.15, 0.2) is 0 Å². The molecule has 0 radical (unpaired) electrons. The van der Waals surface area contributed by atoms with Gasteiger partial charge < -0.3 is 20.7 Å². The summed E-state index contributed by atoms with van der Waals surface area (Å²) < 4.78 is 5.24. The first-order valence-electron chi connectivity index (χ1n) is 10.8. The summed E-state index contributed by atoms with van der Waals surface area (Å²) in [7, 11) is 0. The van der Waals surface area contributed by atoms with E-state index in [1.54, 1.807) is 64.1 Å². The van der Waals surface area contributed by atoms with Crippen molar-refractivity contribution < 1.29 is 19.1 Å². The van der Waals surface area contributed by atoms with Crippen LogP contribution in [0.3, 0.4) is 0 Å². The second-order valence-corrected chi connectivity index (χ2v) is 8.71. The number of hydrogen-bond donors (Lipinski definition) is 3. The number of benzene rings is 2. The number of ether oxygens (including phenoxy) is 1. The van der Waals surface area contributed by atoms with Crippen LogP contribution in [0.1, 0.15) is 52.7 Å². The Balaban J connectivity index is 1.66. The van der Waals surface area contributed by atoms with Crippen LogP contribution in [0.25, 0.3) is 0 Å². The number of nitrogens with one attached hydrogen (secondary N) is 3. The number of hydrogen-bond acceptors (Lipinski definition) is 5. The molecule has 1 aromatic heterocycles. The summed E-state index contributed by atoms with van der Waals surface area (Å²) in [5.74, 6) is -0.381. The summed E-state index contributed by atoms with van der Waals surface area (Å²) in [6.07, 6.45) is -0.529. The molecule has 0 atom stereocenters. The summed E-state index contributed by atoms with van der Waals surface area (Å²) >= 11 is 0. The SMILES string of the molecule is Cc1cc(CNC(=O)OC(C)(C)C)cc(NC(=O)c2cccc(C(=O)Nc3ccccc3)c2)n1. The molecule has 0 fully saturated rings. The molecule has 34 heavy (non-hydrogen) atoms. The van der Waals surface area contributed by atoms with Gasteiger partial charge in [-0.2, -0.15) is 0 Å². The normalized spacial score (nSPS) is 10.8. The van der Waals surface area contributed by atoms with Gasteiger partial charge in [0.2, 0.25) is 0 Å². The lowest BCUT2D eigenvalue weighted by Crippen LogP contribution is -2.32. The van der Waals surface area contributed by atoms with Crippen LogP contribution in [0.15, 0.2) is 66.7 Å². The molecule has 1 heterocycles. The standard InChI is InChI=1S/C26H28N4O4/c1-17-13-18(16-27-25(33)34-26(2,3)4)14-22(28-17)30-24(32)20-10-8-9-19(15-20)23(31)29-21-11-6-5-7-12-21/h5-15H,16H2,1-4H3,(H,27,33)(H,29,31)(H,28,30,32). The molecule has 0 spiro atoms. The topological polar surface area (TPSA) is 109 Å². The molecule has 2 aromatic carbocycles. The zero-order valence-corrected chi connectivity index (χ0v) is 19.6. The van der Waals surface area contributed by atoms with E-state index < -0.39 is 17.6 Å². The Bertz CT molecular complexity index is 1190. The van der Waals surface area contributed by atoms with E-state index in [0.29, 0.717) is 28.3 Å². The van der Waals surface area contributed by atoms with Crippen LogP contribution < -0.4 is 16.0 Å². The van der Waals surface area contributed by atoms with Crippen molar-refractivity contribution >= 4 is 29.4 Å². The number of carbonyl (C=O) groups excluding carboxylic acids is 3. The first-order valence-corrected chi connectivity index (χ1v) is 10.8. The number of carbonyl (C=O) groups is 3. The van der Waals surface area contributed by atoms with Crippen molar-refractivity contribution in [3.8, 4) is 0 Å². The van der Waals surface area contributed by atoms with Gasteiger partial charge in [0.05, 0.1) is 0 Å². The summed E-state index contributed by atoms with van der Waals surface area (Å²) in [6.45, 7) is 7.38. The summed E-state index contributed by atoms with van der Waals surface area (Å²) in [5, 5.41) is 8.24. The number of aromatic nitrogens is 1. The van der Waals surface area contributed by atoms with Crippen LogP contribution in [0, 0.1) is 6.92 Å². The van der Waals surface area contributed by atoms with Crippen molar-refractivity contribution in [2.24, 2.45) is 0 Å². The monoisotopic (exact) mass is 460 g/mol. The lowest BCUT2D eigenvalue weighted by molar-refractivity contribution is 0.0523. The van der Waals surface area contributed by atoms with Crippen LogP contribution in [0.4, 0.5) is 16.3 Å². The van der Waals surface area contributed by atoms with Crippen molar-refractivity contribution in [2.45, 2.75) is 39.8 Å². The summed E-state index contributed by atoms with van der Waals surface area (Å²) in [4.78, 5) is 41.6. The average Bonchev–Trinajstić information content (AvgIpc) is 2.77. The maximum atomic E-state index is 12.8. The second kappa shape index (κ2) is 10.6. The molecule has 0 saturated carbocycles. The first-order chi connectivity index (χ1) is 16.1. The maximum absolute atomic E-state index is 12.8. The predicted molar refractivity (Wildman–Crippen MR) is 131 cm³/mol. The Morgan fingerprint density at radius 1 is 0.853 bits per heavy atom. The van der Waals surface area contributed by atoms with Crippen LogP contribution in [-0.4, -0.2) is 28.5 Å². The highest BCUT2D eigenvalue weighted by atomic mass is 16.6. The van der Waals surface area contributed by atoms with Gasteiger partial charge >= 0.3 is 6.09 Å². The molecule has 0 unspecified atom stereocenters. The Morgan fingerprint density at radius 3 is 2.15 bits per heavy atom. The molecule has 176 valence electrons. The van der Waals surface area contributed by atoms with Crippen molar-refractivity contribution in [1.82, 2.24) is 10.3 Å². The highest BCUT2D eigenvalue weighted by Gasteiger charge is 2.16. The number of rotatable bonds is 6. The van der Waals surface area contributed by atoms with Crippen LogP contribution in [0.5, 0.6) is 0 Å². The fourth-order valence-corrected chi connectivity index (χ4v) is 3.11. The number of amides is 3. The number of anilines is 2. The molecule has 0 aliphatic rings. The molecule has 3 rings (SSSR count).